The van der Waals surface area contributed by atoms with Gasteiger partial charge in [-0.1, -0.05) is 0 Å². The molecule has 2 rings (SSSR count). The van der Waals surface area contributed by atoms with Crippen LogP contribution in [-0.4, -0.2) is 15.2 Å². The van der Waals surface area contributed by atoms with Gasteiger partial charge in [-0.25, -0.2) is 0 Å². The summed E-state index contributed by atoms with van der Waals surface area (Å²) in [6.07, 6.45) is 0. The van der Waals surface area contributed by atoms with Crippen LogP contribution < -0.4 is 11.5 Å². The van der Waals surface area contributed by atoms with Crippen molar-refractivity contribution in [3.05, 3.63) is 15.2 Å². The maximum Gasteiger partial charge on any atom is 0.242 e. The molecule has 0 aliphatic rings. The van der Waals surface area contributed by atoms with E-state index in [1.54, 1.807) is 6.07 Å². The molecule has 2 aromatic heterocycles. The lowest BCUT2D eigenvalue weighted by atomic mass is 10.3. The number of rotatable bonds is 1. The van der Waals surface area contributed by atoms with Crippen LogP contribution in [0.5, 0.6) is 0 Å². The van der Waals surface area contributed by atoms with E-state index in [0.717, 1.165) is 4.47 Å². The Bertz CT molecular complexity index is 493. The molecular weight excluding hydrogens is 330 g/mol. The summed E-state index contributed by atoms with van der Waals surface area (Å²) in [4.78, 5) is 3.78. The zero-order valence-electron chi connectivity index (χ0n) is 7.24. The van der Waals surface area contributed by atoms with Gasteiger partial charge >= 0.3 is 0 Å². The molecule has 0 aromatic carbocycles. The Morgan fingerprint density at radius 1 is 1.20 bits per heavy atom. The third-order valence-electron chi connectivity index (χ3n) is 1.61. The number of nitrogens with zero attached hydrogens (tertiary/aromatic N) is 3. The van der Waals surface area contributed by atoms with Crippen molar-refractivity contribution >= 4 is 43.6 Å². The van der Waals surface area contributed by atoms with Crippen molar-refractivity contribution in [2.24, 2.45) is 0 Å². The lowest BCUT2D eigenvalue weighted by Gasteiger charge is -1.98. The van der Waals surface area contributed by atoms with E-state index in [1.807, 2.05) is 0 Å². The molecule has 2 aromatic rings. The molecule has 78 valence electrons. The number of halogens is 2. The predicted molar refractivity (Wildman–Crippen MR) is 61.8 cm³/mol. The number of hydrogen-bond acceptors (Lipinski definition) is 6. The molecule has 0 aliphatic carbocycles. The fourth-order valence-corrected chi connectivity index (χ4v) is 1.57. The average Bonchev–Trinajstić information content (AvgIpc) is 2.46. The quantitative estimate of drug-likeness (QED) is 0.824. The average molecular weight is 335 g/mol. The fourth-order valence-electron chi connectivity index (χ4n) is 0.990. The molecular formula is C7H5Br2N5O. The van der Waals surface area contributed by atoms with Crippen LogP contribution in [0.15, 0.2) is 19.6 Å². The highest BCUT2D eigenvalue weighted by Crippen LogP contribution is 2.33. The number of furan rings is 1. The number of nitrogen functional groups attached to an aromatic ring is 2. The molecule has 0 fully saturated rings. The van der Waals surface area contributed by atoms with E-state index in [2.05, 4.69) is 47.0 Å². The van der Waals surface area contributed by atoms with Gasteiger partial charge in [0.1, 0.15) is 0 Å². The van der Waals surface area contributed by atoms with Crippen LogP contribution >= 0.6 is 31.9 Å². The van der Waals surface area contributed by atoms with Crippen LogP contribution in [0.4, 0.5) is 11.8 Å². The van der Waals surface area contributed by atoms with Crippen molar-refractivity contribution in [3.8, 4) is 11.5 Å². The summed E-state index contributed by atoms with van der Waals surface area (Å²) in [6.45, 7) is 0. The van der Waals surface area contributed by atoms with Crippen LogP contribution in [0, 0.1) is 0 Å². The Labute approximate surface area is 101 Å². The van der Waals surface area contributed by atoms with Crippen LogP contribution in [-0.2, 0) is 0 Å². The van der Waals surface area contributed by atoms with Crippen LogP contribution in [0.1, 0.15) is 0 Å². The zero-order valence-corrected chi connectivity index (χ0v) is 10.4. The van der Waals surface area contributed by atoms with Crippen molar-refractivity contribution in [2.45, 2.75) is 0 Å². The summed E-state index contributed by atoms with van der Waals surface area (Å²) in [5, 5.41) is 7.41. The smallest absolute Gasteiger partial charge is 0.242 e. The van der Waals surface area contributed by atoms with Gasteiger partial charge in [-0.05, 0) is 31.9 Å². The minimum atomic E-state index is 0.0286. The number of anilines is 2. The van der Waals surface area contributed by atoms with E-state index in [9.17, 15) is 0 Å². The first-order valence-corrected chi connectivity index (χ1v) is 5.37. The first-order valence-electron chi connectivity index (χ1n) is 3.79. The first-order chi connectivity index (χ1) is 7.08. The fraction of sp³-hybridized carbons (Fsp3) is 0. The minimum absolute atomic E-state index is 0.0286. The van der Waals surface area contributed by atoms with E-state index >= 15 is 0 Å². The Balaban J connectivity index is 2.54. The summed E-state index contributed by atoms with van der Waals surface area (Å²) in [5.41, 5.74) is 11.3. The van der Waals surface area contributed by atoms with Crippen LogP contribution in [0.25, 0.3) is 11.5 Å². The Hall–Kier alpha value is -1.15. The first kappa shape index (κ1) is 10.4. The van der Waals surface area contributed by atoms with E-state index in [0.29, 0.717) is 16.1 Å². The molecule has 0 aliphatic heterocycles. The van der Waals surface area contributed by atoms with Crippen molar-refractivity contribution in [1.29, 1.82) is 0 Å². The van der Waals surface area contributed by atoms with Gasteiger partial charge in [-0.2, -0.15) is 4.98 Å². The summed E-state index contributed by atoms with van der Waals surface area (Å²) in [7, 11) is 0. The lowest BCUT2D eigenvalue weighted by Crippen LogP contribution is -2.03. The Morgan fingerprint density at radius 3 is 2.47 bits per heavy atom. The third kappa shape index (κ3) is 1.95. The molecule has 0 spiro atoms. The molecule has 8 heteroatoms. The van der Waals surface area contributed by atoms with E-state index in [-0.39, 0.29) is 11.8 Å². The van der Waals surface area contributed by atoms with Crippen molar-refractivity contribution < 1.29 is 4.42 Å². The van der Waals surface area contributed by atoms with Gasteiger partial charge in [0, 0.05) is 6.07 Å². The molecule has 0 bridgehead atoms. The molecule has 2 heterocycles. The maximum absolute atomic E-state index is 5.63. The van der Waals surface area contributed by atoms with Gasteiger partial charge < -0.3 is 15.9 Å². The van der Waals surface area contributed by atoms with Gasteiger partial charge in [0.2, 0.25) is 5.95 Å². The Morgan fingerprint density at radius 2 is 1.93 bits per heavy atom. The van der Waals surface area contributed by atoms with E-state index in [1.165, 1.54) is 0 Å². The second-order valence-corrected chi connectivity index (χ2v) is 4.21. The van der Waals surface area contributed by atoms with Crippen LogP contribution in [0.3, 0.4) is 0 Å². The summed E-state index contributed by atoms with van der Waals surface area (Å²) < 4.78 is 6.64. The highest BCUT2D eigenvalue weighted by Gasteiger charge is 2.14. The van der Waals surface area contributed by atoms with Crippen molar-refractivity contribution in [3.63, 3.8) is 0 Å². The number of nitrogens with two attached hydrogens (primary N) is 2. The van der Waals surface area contributed by atoms with E-state index in [4.69, 9.17) is 15.9 Å². The minimum Gasteiger partial charge on any atom is -0.446 e. The normalized spacial score (nSPS) is 10.5. The maximum atomic E-state index is 5.63. The zero-order chi connectivity index (χ0) is 11.0. The number of aromatic nitrogens is 3. The molecule has 0 radical (unpaired) electrons. The molecule has 0 amide bonds. The topological polar surface area (TPSA) is 104 Å². The van der Waals surface area contributed by atoms with Gasteiger partial charge in [-0.3, -0.25) is 0 Å². The Kier molecular flexibility index (Phi) is 2.61. The van der Waals surface area contributed by atoms with Crippen LogP contribution in [0.2, 0.25) is 0 Å². The second-order valence-electron chi connectivity index (χ2n) is 2.64. The molecule has 0 unspecified atom stereocenters. The summed E-state index contributed by atoms with van der Waals surface area (Å²) in [6, 6.07) is 1.71. The lowest BCUT2D eigenvalue weighted by molar-refractivity contribution is 0.551. The molecule has 0 atom stereocenters. The SMILES string of the molecule is Nc1nnc(-c2cc(Br)c(Br)o2)c(N)n1. The largest absolute Gasteiger partial charge is 0.446 e. The molecule has 6 nitrogen and oxygen atoms in total. The second kappa shape index (κ2) is 3.78. The van der Waals surface area contributed by atoms with Gasteiger partial charge in [0.05, 0.1) is 4.47 Å². The summed E-state index contributed by atoms with van der Waals surface area (Å²) in [5.74, 6) is 0.670. The standard InChI is InChI=1S/C7H5Br2N5O/c8-2-1-3(15-5(2)9)4-6(10)12-7(11)14-13-4/h1H,(H4,10,11,12,14). The monoisotopic (exact) mass is 333 g/mol. The summed E-state index contributed by atoms with van der Waals surface area (Å²) >= 11 is 6.48. The van der Waals surface area contributed by atoms with Crippen molar-refractivity contribution in [1.82, 2.24) is 15.2 Å². The molecule has 0 saturated heterocycles. The highest BCUT2D eigenvalue weighted by molar-refractivity contribution is 9.13. The van der Waals surface area contributed by atoms with Crippen molar-refractivity contribution in [2.75, 3.05) is 11.5 Å². The van der Waals surface area contributed by atoms with E-state index < -0.39 is 0 Å². The highest BCUT2D eigenvalue weighted by atomic mass is 79.9. The third-order valence-corrected chi connectivity index (χ3v) is 3.32. The molecule has 4 N–H and O–H groups in total. The number of hydrogen-bond donors (Lipinski definition) is 2. The molecule has 15 heavy (non-hydrogen) atoms. The van der Waals surface area contributed by atoms with Gasteiger partial charge in [0.15, 0.2) is 21.9 Å². The van der Waals surface area contributed by atoms with Gasteiger partial charge in [-0.15, -0.1) is 10.2 Å². The predicted octanol–water partition coefficient (Wildman–Crippen LogP) is 1.82. The molecule has 0 saturated carbocycles. The van der Waals surface area contributed by atoms with Gasteiger partial charge in [0.25, 0.3) is 0 Å².